The highest BCUT2D eigenvalue weighted by atomic mass is 16.4. The lowest BCUT2D eigenvalue weighted by Gasteiger charge is -1.94. The molecule has 15 heavy (non-hydrogen) atoms. The van der Waals surface area contributed by atoms with Gasteiger partial charge in [-0.1, -0.05) is 0 Å². The van der Waals surface area contributed by atoms with Crippen molar-refractivity contribution in [3.05, 3.63) is 23.2 Å². The molecule has 80 valence electrons. The van der Waals surface area contributed by atoms with E-state index < -0.39 is 0 Å². The monoisotopic (exact) mass is 207 g/mol. The molecule has 0 aromatic carbocycles. The molecule has 0 fully saturated rings. The Morgan fingerprint density at radius 2 is 2.27 bits per heavy atom. The summed E-state index contributed by atoms with van der Waals surface area (Å²) < 4.78 is 5.32. The van der Waals surface area contributed by atoms with E-state index in [0.717, 1.165) is 5.69 Å². The Bertz CT molecular complexity index is 485. The van der Waals surface area contributed by atoms with Crippen molar-refractivity contribution in [2.75, 3.05) is 0 Å². The third-order valence-electron chi connectivity index (χ3n) is 2.33. The fourth-order valence-corrected chi connectivity index (χ4v) is 1.53. The summed E-state index contributed by atoms with van der Waals surface area (Å²) in [5.74, 6) is 1.20. The standard InChI is InChI=1S/C10H13N3O2/c1-5-4-12-10(15-5)8-9(14)7(3-11)6(2)13-8/h4,13-14H,3,11H2,1-2H3. The smallest absolute Gasteiger partial charge is 0.246 e. The highest BCUT2D eigenvalue weighted by molar-refractivity contribution is 5.62. The lowest BCUT2D eigenvalue weighted by atomic mass is 10.2. The van der Waals surface area contributed by atoms with Crippen LogP contribution in [0.1, 0.15) is 17.0 Å². The van der Waals surface area contributed by atoms with Crippen LogP contribution < -0.4 is 5.73 Å². The zero-order valence-corrected chi connectivity index (χ0v) is 8.66. The SMILES string of the molecule is Cc1cnc(-c2[nH]c(C)c(CN)c2O)o1. The Morgan fingerprint density at radius 1 is 1.53 bits per heavy atom. The molecular weight excluding hydrogens is 194 g/mol. The summed E-state index contributed by atoms with van der Waals surface area (Å²) in [6, 6.07) is 0. The number of hydrogen-bond acceptors (Lipinski definition) is 4. The summed E-state index contributed by atoms with van der Waals surface area (Å²) in [5.41, 5.74) is 7.53. The molecule has 2 aromatic heterocycles. The Morgan fingerprint density at radius 3 is 2.73 bits per heavy atom. The molecule has 2 heterocycles. The molecule has 0 saturated carbocycles. The second kappa shape index (κ2) is 3.43. The molecule has 5 nitrogen and oxygen atoms in total. The van der Waals surface area contributed by atoms with Gasteiger partial charge < -0.3 is 20.2 Å². The molecule has 5 heteroatoms. The van der Waals surface area contributed by atoms with Crippen LogP contribution in [-0.2, 0) is 6.54 Å². The summed E-state index contributed by atoms with van der Waals surface area (Å²) in [5, 5.41) is 9.86. The number of oxazole rings is 1. The molecule has 0 aliphatic heterocycles. The number of hydrogen-bond donors (Lipinski definition) is 3. The first-order chi connectivity index (χ1) is 7.13. The van der Waals surface area contributed by atoms with Gasteiger partial charge >= 0.3 is 0 Å². The highest BCUT2D eigenvalue weighted by Gasteiger charge is 2.17. The van der Waals surface area contributed by atoms with Crippen LogP contribution in [0.2, 0.25) is 0 Å². The van der Waals surface area contributed by atoms with E-state index in [4.69, 9.17) is 10.2 Å². The lowest BCUT2D eigenvalue weighted by Crippen LogP contribution is -1.96. The second-order valence-corrected chi connectivity index (χ2v) is 3.43. The summed E-state index contributed by atoms with van der Waals surface area (Å²) >= 11 is 0. The van der Waals surface area contributed by atoms with Gasteiger partial charge in [-0.25, -0.2) is 4.98 Å². The van der Waals surface area contributed by atoms with Crippen molar-refractivity contribution in [3.8, 4) is 17.3 Å². The van der Waals surface area contributed by atoms with Crippen LogP contribution in [0.25, 0.3) is 11.6 Å². The van der Waals surface area contributed by atoms with Gasteiger partial charge in [0.25, 0.3) is 0 Å². The van der Waals surface area contributed by atoms with E-state index in [1.807, 2.05) is 6.92 Å². The van der Waals surface area contributed by atoms with Gasteiger partial charge in [0.1, 0.15) is 11.5 Å². The van der Waals surface area contributed by atoms with Crippen LogP contribution in [0.3, 0.4) is 0 Å². The first kappa shape index (κ1) is 9.79. The van der Waals surface area contributed by atoms with E-state index in [-0.39, 0.29) is 12.3 Å². The predicted molar refractivity (Wildman–Crippen MR) is 55.3 cm³/mol. The number of nitrogens with zero attached hydrogens (tertiary/aromatic N) is 1. The van der Waals surface area contributed by atoms with Crippen molar-refractivity contribution < 1.29 is 9.52 Å². The molecule has 0 atom stereocenters. The number of nitrogens with two attached hydrogens (primary N) is 1. The number of H-pyrrole nitrogens is 1. The Balaban J connectivity index is 2.54. The average molecular weight is 207 g/mol. The number of nitrogens with one attached hydrogen (secondary N) is 1. The maximum absolute atomic E-state index is 9.86. The van der Waals surface area contributed by atoms with Gasteiger partial charge in [0.2, 0.25) is 5.89 Å². The fourth-order valence-electron chi connectivity index (χ4n) is 1.53. The summed E-state index contributed by atoms with van der Waals surface area (Å²) in [6.45, 7) is 3.93. The molecule has 0 aliphatic carbocycles. The van der Waals surface area contributed by atoms with Crippen LogP contribution in [0.15, 0.2) is 10.6 Å². The van der Waals surface area contributed by atoms with E-state index in [0.29, 0.717) is 22.9 Å². The Labute approximate surface area is 86.9 Å². The molecule has 4 N–H and O–H groups in total. The lowest BCUT2D eigenvalue weighted by molar-refractivity contribution is 0.466. The summed E-state index contributed by atoms with van der Waals surface area (Å²) in [6.07, 6.45) is 1.60. The van der Waals surface area contributed by atoms with Crippen LogP contribution in [0, 0.1) is 13.8 Å². The molecule has 0 spiro atoms. The maximum Gasteiger partial charge on any atom is 0.246 e. The van der Waals surface area contributed by atoms with Crippen molar-refractivity contribution in [2.24, 2.45) is 5.73 Å². The van der Waals surface area contributed by atoms with Gasteiger partial charge in [0.15, 0.2) is 5.75 Å². The van der Waals surface area contributed by atoms with Crippen LogP contribution in [0.4, 0.5) is 0 Å². The topological polar surface area (TPSA) is 88.1 Å². The average Bonchev–Trinajstić information content (AvgIpc) is 2.71. The first-order valence-corrected chi connectivity index (χ1v) is 4.66. The minimum Gasteiger partial charge on any atom is -0.505 e. The third kappa shape index (κ3) is 1.50. The van der Waals surface area contributed by atoms with Crippen molar-refractivity contribution in [3.63, 3.8) is 0 Å². The molecule has 2 rings (SSSR count). The largest absolute Gasteiger partial charge is 0.505 e. The van der Waals surface area contributed by atoms with Crippen molar-refractivity contribution in [1.82, 2.24) is 9.97 Å². The molecule has 0 amide bonds. The van der Waals surface area contributed by atoms with Gasteiger partial charge in [-0.2, -0.15) is 0 Å². The normalized spacial score (nSPS) is 10.9. The van der Waals surface area contributed by atoms with Crippen LogP contribution in [-0.4, -0.2) is 15.1 Å². The molecule has 0 radical (unpaired) electrons. The molecule has 0 saturated heterocycles. The van der Waals surface area contributed by atoms with Crippen molar-refractivity contribution >= 4 is 0 Å². The van der Waals surface area contributed by atoms with Gasteiger partial charge in [0, 0.05) is 17.8 Å². The highest BCUT2D eigenvalue weighted by Crippen LogP contribution is 2.33. The zero-order chi connectivity index (χ0) is 11.0. The van der Waals surface area contributed by atoms with Crippen molar-refractivity contribution in [2.45, 2.75) is 20.4 Å². The maximum atomic E-state index is 9.86. The fraction of sp³-hybridized carbons (Fsp3) is 0.300. The minimum absolute atomic E-state index is 0.122. The minimum atomic E-state index is 0.122. The quantitative estimate of drug-likeness (QED) is 0.695. The number of aromatic amines is 1. The summed E-state index contributed by atoms with van der Waals surface area (Å²) in [7, 11) is 0. The van der Waals surface area contributed by atoms with Gasteiger partial charge in [-0.05, 0) is 13.8 Å². The summed E-state index contributed by atoms with van der Waals surface area (Å²) in [4.78, 5) is 7.04. The van der Waals surface area contributed by atoms with Gasteiger partial charge in [-0.15, -0.1) is 0 Å². The van der Waals surface area contributed by atoms with Gasteiger partial charge in [0.05, 0.1) is 6.20 Å². The number of rotatable bonds is 2. The number of aryl methyl sites for hydroxylation is 2. The van der Waals surface area contributed by atoms with E-state index >= 15 is 0 Å². The molecule has 0 aliphatic rings. The molecule has 0 unspecified atom stereocenters. The van der Waals surface area contributed by atoms with Crippen molar-refractivity contribution in [1.29, 1.82) is 0 Å². The molecule has 2 aromatic rings. The van der Waals surface area contributed by atoms with E-state index in [1.165, 1.54) is 0 Å². The second-order valence-electron chi connectivity index (χ2n) is 3.43. The predicted octanol–water partition coefficient (Wildman–Crippen LogP) is 1.45. The zero-order valence-electron chi connectivity index (χ0n) is 8.66. The Hall–Kier alpha value is -1.75. The third-order valence-corrected chi connectivity index (χ3v) is 2.33. The van der Waals surface area contributed by atoms with Crippen LogP contribution >= 0.6 is 0 Å². The number of aromatic hydroxyl groups is 1. The molecule has 0 bridgehead atoms. The first-order valence-electron chi connectivity index (χ1n) is 4.66. The van der Waals surface area contributed by atoms with Gasteiger partial charge in [-0.3, -0.25) is 0 Å². The molecular formula is C10H13N3O2. The Kier molecular flexibility index (Phi) is 2.24. The number of aromatic nitrogens is 2. The van der Waals surface area contributed by atoms with Crippen LogP contribution in [0.5, 0.6) is 5.75 Å². The van der Waals surface area contributed by atoms with E-state index in [1.54, 1.807) is 13.1 Å². The van der Waals surface area contributed by atoms with E-state index in [2.05, 4.69) is 9.97 Å². The van der Waals surface area contributed by atoms with E-state index in [9.17, 15) is 5.11 Å².